The third-order valence-corrected chi connectivity index (χ3v) is 4.22. The average molecular weight is 280 g/mol. The lowest BCUT2D eigenvalue weighted by Gasteiger charge is -2.26. The summed E-state index contributed by atoms with van der Waals surface area (Å²) in [5.41, 5.74) is 5.57. The Morgan fingerprint density at radius 3 is 2.76 bits per heavy atom. The molecule has 0 bridgehead atoms. The molecule has 1 N–H and O–H groups in total. The molecule has 0 saturated carbocycles. The van der Waals surface area contributed by atoms with Gasteiger partial charge in [0.25, 0.3) is 0 Å². The van der Waals surface area contributed by atoms with Gasteiger partial charge in [0.05, 0.1) is 0 Å². The lowest BCUT2D eigenvalue weighted by atomic mass is 10.1. The summed E-state index contributed by atoms with van der Waals surface area (Å²) in [4.78, 5) is 2.53. The number of hydrogen-bond acceptors (Lipinski definition) is 2. The first-order chi connectivity index (χ1) is 10.2. The van der Waals surface area contributed by atoms with Crippen molar-refractivity contribution in [3.05, 3.63) is 65.2 Å². The normalized spacial score (nSPS) is 18.2. The van der Waals surface area contributed by atoms with Crippen molar-refractivity contribution < 1.29 is 0 Å². The van der Waals surface area contributed by atoms with Crippen LogP contribution in [-0.2, 0) is 13.0 Å². The van der Waals surface area contributed by atoms with E-state index in [0.29, 0.717) is 6.04 Å². The first-order valence-corrected chi connectivity index (χ1v) is 7.84. The van der Waals surface area contributed by atoms with Crippen LogP contribution in [-0.4, -0.2) is 19.1 Å². The van der Waals surface area contributed by atoms with Gasteiger partial charge >= 0.3 is 0 Å². The third kappa shape index (κ3) is 3.45. The summed E-state index contributed by atoms with van der Waals surface area (Å²) in [6, 6.07) is 18.1. The smallest absolute Gasteiger partial charge is 0.0412 e. The van der Waals surface area contributed by atoms with E-state index < -0.39 is 0 Å². The maximum atomic E-state index is 3.61. The Bertz CT molecular complexity index is 592. The number of rotatable bonds is 3. The molecule has 2 heteroatoms. The lowest BCUT2D eigenvalue weighted by molar-refractivity contribution is 0.553. The quantitative estimate of drug-likeness (QED) is 0.925. The summed E-state index contributed by atoms with van der Waals surface area (Å²) in [7, 11) is 0. The van der Waals surface area contributed by atoms with Crippen LogP contribution in [0.15, 0.2) is 48.5 Å². The highest BCUT2D eigenvalue weighted by Crippen LogP contribution is 2.25. The third-order valence-electron chi connectivity index (χ3n) is 4.22. The topological polar surface area (TPSA) is 15.3 Å². The zero-order valence-corrected chi connectivity index (χ0v) is 13.0. The molecule has 1 heterocycles. The zero-order valence-electron chi connectivity index (χ0n) is 13.0. The molecule has 2 aromatic rings. The second-order valence-corrected chi connectivity index (χ2v) is 6.10. The molecule has 1 aliphatic heterocycles. The fourth-order valence-corrected chi connectivity index (χ4v) is 3.06. The Balaban J connectivity index is 1.80. The van der Waals surface area contributed by atoms with E-state index in [-0.39, 0.29) is 0 Å². The van der Waals surface area contributed by atoms with Crippen molar-refractivity contribution >= 4 is 5.69 Å². The average Bonchev–Trinajstić information content (AvgIpc) is 2.65. The molecular weight excluding hydrogens is 256 g/mol. The zero-order chi connectivity index (χ0) is 14.7. The predicted octanol–water partition coefficient (Wildman–Crippen LogP) is 3.54. The first kappa shape index (κ1) is 14.2. The summed E-state index contributed by atoms with van der Waals surface area (Å²) in [5, 5.41) is 3.61. The van der Waals surface area contributed by atoms with Crippen molar-refractivity contribution in [2.24, 2.45) is 0 Å². The van der Waals surface area contributed by atoms with Crippen LogP contribution in [0.3, 0.4) is 0 Å². The van der Waals surface area contributed by atoms with Gasteiger partial charge in [0, 0.05) is 31.4 Å². The van der Waals surface area contributed by atoms with Gasteiger partial charge in [0.1, 0.15) is 0 Å². The minimum atomic E-state index is 0.522. The number of aryl methyl sites for hydroxylation is 1. The van der Waals surface area contributed by atoms with E-state index in [2.05, 4.69) is 72.6 Å². The highest BCUT2D eigenvalue weighted by Gasteiger charge is 2.18. The second-order valence-electron chi connectivity index (χ2n) is 6.10. The molecule has 0 spiro atoms. The summed E-state index contributed by atoms with van der Waals surface area (Å²) >= 11 is 0. The molecule has 1 atom stereocenters. The molecule has 2 nitrogen and oxygen atoms in total. The van der Waals surface area contributed by atoms with Crippen molar-refractivity contribution in [3.63, 3.8) is 0 Å². The van der Waals surface area contributed by atoms with Crippen LogP contribution in [0.4, 0.5) is 5.69 Å². The van der Waals surface area contributed by atoms with Crippen LogP contribution in [0.25, 0.3) is 0 Å². The molecule has 2 aromatic carbocycles. The Kier molecular flexibility index (Phi) is 4.26. The van der Waals surface area contributed by atoms with E-state index >= 15 is 0 Å². The number of nitrogens with one attached hydrogen (secondary N) is 1. The molecule has 110 valence electrons. The molecule has 0 amide bonds. The minimum absolute atomic E-state index is 0.522. The largest absolute Gasteiger partial charge is 0.369 e. The molecule has 0 aromatic heterocycles. The van der Waals surface area contributed by atoms with Gasteiger partial charge in [-0.2, -0.15) is 0 Å². The molecular formula is C19H24N2. The molecule has 0 fully saturated rings. The van der Waals surface area contributed by atoms with Crippen molar-refractivity contribution in [1.29, 1.82) is 0 Å². The number of anilines is 1. The fraction of sp³-hybridized carbons (Fsp3) is 0.368. The Morgan fingerprint density at radius 1 is 1.14 bits per heavy atom. The van der Waals surface area contributed by atoms with Crippen LogP contribution in [0.1, 0.15) is 23.6 Å². The van der Waals surface area contributed by atoms with Gasteiger partial charge in [-0.1, -0.05) is 48.0 Å². The second kappa shape index (κ2) is 6.31. The Labute approximate surface area is 127 Å². The predicted molar refractivity (Wildman–Crippen MR) is 89.8 cm³/mol. The molecule has 0 radical (unpaired) electrons. The summed E-state index contributed by atoms with van der Waals surface area (Å²) in [5.74, 6) is 0. The molecule has 1 aliphatic rings. The van der Waals surface area contributed by atoms with Gasteiger partial charge in [-0.25, -0.2) is 0 Å². The van der Waals surface area contributed by atoms with Gasteiger partial charge < -0.3 is 10.2 Å². The van der Waals surface area contributed by atoms with E-state index in [9.17, 15) is 0 Å². The van der Waals surface area contributed by atoms with Crippen molar-refractivity contribution in [2.75, 3.05) is 18.0 Å². The molecule has 1 unspecified atom stereocenters. The summed E-state index contributed by atoms with van der Waals surface area (Å²) in [6.07, 6.45) is 1.10. The Morgan fingerprint density at radius 2 is 1.95 bits per heavy atom. The van der Waals surface area contributed by atoms with Crippen LogP contribution in [0.5, 0.6) is 0 Å². The SMILES string of the molecule is Cc1ccc2c(c1)CNC(C)CN2CCc1ccccc1. The monoisotopic (exact) mass is 280 g/mol. The van der Waals surface area contributed by atoms with E-state index in [1.165, 1.54) is 22.4 Å². The number of fused-ring (bicyclic) bond motifs is 1. The van der Waals surface area contributed by atoms with E-state index in [1.807, 2.05) is 0 Å². The number of nitrogens with zero attached hydrogens (tertiary/aromatic N) is 1. The molecule has 3 rings (SSSR count). The summed E-state index contributed by atoms with van der Waals surface area (Å²) in [6.45, 7) is 7.56. The van der Waals surface area contributed by atoms with Gasteiger partial charge in [-0.15, -0.1) is 0 Å². The maximum Gasteiger partial charge on any atom is 0.0412 e. The van der Waals surface area contributed by atoms with Crippen molar-refractivity contribution in [3.8, 4) is 0 Å². The molecule has 0 aliphatic carbocycles. The fourth-order valence-electron chi connectivity index (χ4n) is 3.06. The standard InChI is InChI=1S/C19H24N2/c1-15-8-9-19-18(12-15)13-20-16(2)14-21(19)11-10-17-6-4-3-5-7-17/h3-9,12,16,20H,10-11,13-14H2,1-2H3. The van der Waals surface area contributed by atoms with E-state index in [4.69, 9.17) is 0 Å². The first-order valence-electron chi connectivity index (χ1n) is 7.84. The van der Waals surface area contributed by atoms with Crippen LogP contribution in [0, 0.1) is 6.92 Å². The maximum absolute atomic E-state index is 3.61. The minimum Gasteiger partial charge on any atom is -0.369 e. The van der Waals surface area contributed by atoms with Gasteiger partial charge in [-0.3, -0.25) is 0 Å². The Hall–Kier alpha value is -1.80. The van der Waals surface area contributed by atoms with Crippen LogP contribution >= 0.6 is 0 Å². The number of hydrogen-bond donors (Lipinski definition) is 1. The molecule has 21 heavy (non-hydrogen) atoms. The van der Waals surface area contributed by atoms with E-state index in [0.717, 1.165) is 26.1 Å². The van der Waals surface area contributed by atoms with Crippen molar-refractivity contribution in [1.82, 2.24) is 5.32 Å². The molecule has 0 saturated heterocycles. The van der Waals surface area contributed by atoms with Gasteiger partial charge in [0.15, 0.2) is 0 Å². The van der Waals surface area contributed by atoms with Gasteiger partial charge in [0.2, 0.25) is 0 Å². The van der Waals surface area contributed by atoms with Gasteiger partial charge in [-0.05, 0) is 37.5 Å². The van der Waals surface area contributed by atoms with E-state index in [1.54, 1.807) is 0 Å². The highest BCUT2D eigenvalue weighted by molar-refractivity contribution is 5.56. The summed E-state index contributed by atoms with van der Waals surface area (Å²) < 4.78 is 0. The number of benzene rings is 2. The van der Waals surface area contributed by atoms with Crippen LogP contribution in [0.2, 0.25) is 0 Å². The lowest BCUT2D eigenvalue weighted by Crippen LogP contribution is -2.37. The highest BCUT2D eigenvalue weighted by atomic mass is 15.2. The van der Waals surface area contributed by atoms with Crippen LogP contribution < -0.4 is 10.2 Å². The van der Waals surface area contributed by atoms with Crippen molar-refractivity contribution in [2.45, 2.75) is 32.9 Å².